The zero-order valence-electron chi connectivity index (χ0n) is 14.4. The molecular formula is C17H26ClN3O4. The number of amides is 2. The van der Waals surface area contributed by atoms with Crippen LogP contribution in [-0.4, -0.2) is 57.9 Å². The summed E-state index contributed by atoms with van der Waals surface area (Å²) in [6.07, 6.45) is 1.25. The van der Waals surface area contributed by atoms with Gasteiger partial charge in [-0.1, -0.05) is 6.07 Å². The first-order valence-electron chi connectivity index (χ1n) is 8.21. The average Bonchev–Trinajstić information content (AvgIpc) is 3.13. The molecule has 0 aromatic heterocycles. The van der Waals surface area contributed by atoms with E-state index >= 15 is 0 Å². The molecule has 0 radical (unpaired) electrons. The summed E-state index contributed by atoms with van der Waals surface area (Å²) in [6.45, 7) is 3.20. The Hall–Kier alpha value is -1.67. The normalized spacial score (nSPS) is 16.1. The van der Waals surface area contributed by atoms with E-state index in [1.807, 2.05) is 0 Å². The van der Waals surface area contributed by atoms with Gasteiger partial charge in [0.15, 0.2) is 0 Å². The topological polar surface area (TPSA) is 88.7 Å². The quantitative estimate of drug-likeness (QED) is 0.567. The van der Waals surface area contributed by atoms with Crippen LogP contribution >= 0.6 is 12.4 Å². The molecule has 2 amide bonds. The Bertz CT molecular complexity index is 550. The number of nitrogens with one attached hydrogen (secondary N) is 3. The van der Waals surface area contributed by atoms with E-state index in [4.69, 9.17) is 9.47 Å². The lowest BCUT2D eigenvalue weighted by Crippen LogP contribution is -2.33. The molecule has 1 aromatic rings. The first-order valence-corrected chi connectivity index (χ1v) is 8.21. The molecule has 25 heavy (non-hydrogen) atoms. The monoisotopic (exact) mass is 371 g/mol. The van der Waals surface area contributed by atoms with Crippen molar-refractivity contribution in [3.8, 4) is 0 Å². The highest BCUT2D eigenvalue weighted by atomic mass is 35.5. The first kappa shape index (κ1) is 21.4. The molecule has 0 aliphatic carbocycles. The number of carbonyl (C=O) groups is 2. The fraction of sp³-hybridized carbons (Fsp3) is 0.529. The van der Waals surface area contributed by atoms with Crippen molar-refractivity contribution in [3.63, 3.8) is 0 Å². The summed E-state index contributed by atoms with van der Waals surface area (Å²) in [5.41, 5.74) is 1.11. The molecule has 0 bridgehead atoms. The third-order valence-electron chi connectivity index (χ3n) is 3.68. The van der Waals surface area contributed by atoms with Crippen LogP contribution in [0.2, 0.25) is 0 Å². The molecule has 1 heterocycles. The van der Waals surface area contributed by atoms with Gasteiger partial charge in [-0.05, 0) is 31.0 Å². The van der Waals surface area contributed by atoms with Gasteiger partial charge in [-0.15, -0.1) is 12.4 Å². The van der Waals surface area contributed by atoms with E-state index in [2.05, 4.69) is 16.0 Å². The highest BCUT2D eigenvalue weighted by molar-refractivity contribution is 5.98. The van der Waals surface area contributed by atoms with Gasteiger partial charge in [0, 0.05) is 44.6 Å². The fourth-order valence-electron chi connectivity index (χ4n) is 2.41. The zero-order chi connectivity index (χ0) is 17.2. The van der Waals surface area contributed by atoms with Crippen LogP contribution in [0.1, 0.15) is 23.2 Å². The summed E-state index contributed by atoms with van der Waals surface area (Å²) in [4.78, 5) is 24.2. The number of anilines is 1. The first-order chi connectivity index (χ1) is 11.7. The molecule has 1 unspecified atom stereocenters. The molecule has 7 nitrogen and oxygen atoms in total. The van der Waals surface area contributed by atoms with Gasteiger partial charge in [0.25, 0.3) is 11.8 Å². The molecule has 0 saturated carbocycles. The summed E-state index contributed by atoms with van der Waals surface area (Å²) in [6, 6.07) is 6.89. The summed E-state index contributed by atoms with van der Waals surface area (Å²) < 4.78 is 10.3. The second-order valence-electron chi connectivity index (χ2n) is 5.57. The number of halogens is 1. The van der Waals surface area contributed by atoms with E-state index in [1.165, 1.54) is 0 Å². The van der Waals surface area contributed by atoms with Crippen molar-refractivity contribution in [3.05, 3.63) is 29.8 Å². The Labute approximate surface area is 154 Å². The molecule has 3 N–H and O–H groups in total. The minimum atomic E-state index is -0.388. The van der Waals surface area contributed by atoms with Gasteiger partial charge in [-0.25, -0.2) is 0 Å². The highest BCUT2D eigenvalue weighted by Gasteiger charge is 2.23. The number of rotatable bonds is 9. The summed E-state index contributed by atoms with van der Waals surface area (Å²) >= 11 is 0. The van der Waals surface area contributed by atoms with Gasteiger partial charge >= 0.3 is 0 Å². The number of ether oxygens (including phenoxy) is 2. The highest BCUT2D eigenvalue weighted by Crippen LogP contribution is 2.16. The van der Waals surface area contributed by atoms with Crippen LogP contribution < -0.4 is 16.0 Å². The Morgan fingerprint density at radius 2 is 2.12 bits per heavy atom. The third kappa shape index (κ3) is 7.39. The molecule has 1 aliphatic heterocycles. The minimum Gasteiger partial charge on any atom is -0.383 e. The molecule has 1 fully saturated rings. The predicted molar refractivity (Wildman–Crippen MR) is 98.4 cm³/mol. The lowest BCUT2D eigenvalue weighted by atomic mass is 10.1. The number of hydrogen-bond donors (Lipinski definition) is 3. The summed E-state index contributed by atoms with van der Waals surface area (Å²) in [5.74, 6) is -0.329. The van der Waals surface area contributed by atoms with E-state index in [9.17, 15) is 9.59 Å². The Morgan fingerprint density at radius 1 is 1.28 bits per heavy atom. The lowest BCUT2D eigenvalue weighted by Gasteiger charge is -2.11. The van der Waals surface area contributed by atoms with Gasteiger partial charge in [0.1, 0.15) is 6.10 Å². The van der Waals surface area contributed by atoms with Crippen LogP contribution in [-0.2, 0) is 14.3 Å². The largest absolute Gasteiger partial charge is 0.383 e. The second kappa shape index (κ2) is 11.8. The summed E-state index contributed by atoms with van der Waals surface area (Å²) in [5, 5.41) is 8.78. The van der Waals surface area contributed by atoms with Gasteiger partial charge < -0.3 is 25.4 Å². The van der Waals surface area contributed by atoms with Crippen molar-refractivity contribution in [2.24, 2.45) is 0 Å². The van der Waals surface area contributed by atoms with Crippen LogP contribution in [0.25, 0.3) is 0 Å². The van der Waals surface area contributed by atoms with Crippen molar-refractivity contribution < 1.29 is 19.1 Å². The van der Waals surface area contributed by atoms with Crippen LogP contribution in [0.3, 0.4) is 0 Å². The van der Waals surface area contributed by atoms with Crippen molar-refractivity contribution >= 4 is 29.9 Å². The molecule has 8 heteroatoms. The predicted octanol–water partition coefficient (Wildman–Crippen LogP) is 1.19. The van der Waals surface area contributed by atoms with Crippen molar-refractivity contribution in [1.29, 1.82) is 0 Å². The van der Waals surface area contributed by atoms with Gasteiger partial charge in [0.05, 0.1) is 6.61 Å². The maximum atomic E-state index is 12.1. The maximum absolute atomic E-state index is 12.1. The van der Waals surface area contributed by atoms with Crippen molar-refractivity contribution in [1.82, 2.24) is 10.6 Å². The SMILES string of the molecule is COCCNCCNC(=O)c1cccc(NC(=O)C2CCCO2)c1.Cl. The van der Waals surface area contributed by atoms with Gasteiger partial charge in [-0.2, -0.15) is 0 Å². The smallest absolute Gasteiger partial charge is 0.253 e. The van der Waals surface area contributed by atoms with Crippen LogP contribution in [0.5, 0.6) is 0 Å². The van der Waals surface area contributed by atoms with Gasteiger partial charge in [-0.3, -0.25) is 9.59 Å². The zero-order valence-corrected chi connectivity index (χ0v) is 15.2. The molecular weight excluding hydrogens is 346 g/mol. The molecule has 1 atom stereocenters. The Kier molecular flexibility index (Phi) is 10.1. The van der Waals surface area contributed by atoms with Gasteiger partial charge in [0.2, 0.25) is 0 Å². The molecule has 1 aromatic carbocycles. The van der Waals surface area contributed by atoms with E-state index in [-0.39, 0.29) is 30.3 Å². The van der Waals surface area contributed by atoms with Crippen LogP contribution in [0.15, 0.2) is 24.3 Å². The van der Waals surface area contributed by atoms with E-state index < -0.39 is 0 Å². The van der Waals surface area contributed by atoms with Crippen molar-refractivity contribution in [2.45, 2.75) is 18.9 Å². The van der Waals surface area contributed by atoms with Crippen LogP contribution in [0.4, 0.5) is 5.69 Å². The minimum absolute atomic E-state index is 0. The molecule has 2 rings (SSSR count). The van der Waals surface area contributed by atoms with E-state index in [0.29, 0.717) is 37.6 Å². The van der Waals surface area contributed by atoms with Crippen LogP contribution in [0, 0.1) is 0 Å². The molecule has 0 spiro atoms. The van der Waals surface area contributed by atoms with E-state index in [1.54, 1.807) is 31.4 Å². The lowest BCUT2D eigenvalue weighted by molar-refractivity contribution is -0.124. The van der Waals surface area contributed by atoms with Crippen molar-refractivity contribution in [2.75, 3.05) is 45.3 Å². The fourth-order valence-corrected chi connectivity index (χ4v) is 2.41. The third-order valence-corrected chi connectivity index (χ3v) is 3.68. The molecule has 140 valence electrons. The number of benzene rings is 1. The Balaban J connectivity index is 0.00000312. The average molecular weight is 372 g/mol. The second-order valence-corrected chi connectivity index (χ2v) is 5.57. The standard InChI is InChI=1S/C17H25N3O4.ClH/c1-23-11-9-18-7-8-19-16(21)13-4-2-5-14(12-13)20-17(22)15-6-3-10-24-15;/h2,4-5,12,15,18H,3,6-11H2,1H3,(H,19,21)(H,20,22);1H. The maximum Gasteiger partial charge on any atom is 0.253 e. The number of methoxy groups -OCH3 is 1. The Morgan fingerprint density at radius 3 is 2.84 bits per heavy atom. The number of hydrogen-bond acceptors (Lipinski definition) is 5. The summed E-state index contributed by atoms with van der Waals surface area (Å²) in [7, 11) is 1.65. The van der Waals surface area contributed by atoms with E-state index in [0.717, 1.165) is 19.4 Å². The number of carbonyl (C=O) groups excluding carboxylic acids is 2. The molecule has 1 aliphatic rings. The molecule has 1 saturated heterocycles.